The number of hydrogen-bond donors (Lipinski definition) is 2. The molecule has 1 atom stereocenters. The van der Waals surface area contributed by atoms with Crippen molar-refractivity contribution in [1.82, 2.24) is 5.32 Å². The summed E-state index contributed by atoms with van der Waals surface area (Å²) in [5.41, 5.74) is 3.44. The Hall–Kier alpha value is -3.18. The van der Waals surface area contributed by atoms with Crippen molar-refractivity contribution in [3.63, 3.8) is 0 Å². The van der Waals surface area contributed by atoms with E-state index in [1.165, 1.54) is 12.1 Å². The van der Waals surface area contributed by atoms with Gasteiger partial charge in [-0.1, -0.05) is 42.3 Å². The second-order valence-electron chi connectivity index (χ2n) is 8.55. The highest BCUT2D eigenvalue weighted by Crippen LogP contribution is 2.45. The Labute approximate surface area is 190 Å². The molecular weight excluding hydrogens is 427 g/mol. The first kappa shape index (κ1) is 20.7. The third-order valence-electron chi connectivity index (χ3n) is 6.64. The Balaban J connectivity index is 1.29. The molecule has 3 aromatic carbocycles. The van der Waals surface area contributed by atoms with Crippen LogP contribution in [0.2, 0.25) is 5.02 Å². The van der Waals surface area contributed by atoms with Crippen molar-refractivity contribution < 1.29 is 14.0 Å². The predicted molar refractivity (Wildman–Crippen MR) is 122 cm³/mol. The van der Waals surface area contributed by atoms with Crippen LogP contribution < -0.4 is 10.6 Å². The van der Waals surface area contributed by atoms with Gasteiger partial charge in [0.25, 0.3) is 5.91 Å². The third kappa shape index (κ3) is 3.67. The van der Waals surface area contributed by atoms with Crippen LogP contribution in [-0.2, 0) is 16.6 Å². The number of carbonyl (C=O) groups excluding carboxylic acids is 2. The summed E-state index contributed by atoms with van der Waals surface area (Å²) in [6, 6.07) is 18.8. The lowest BCUT2D eigenvalue weighted by molar-refractivity contribution is -0.130. The Morgan fingerprint density at radius 3 is 2.47 bits per heavy atom. The number of fused-ring (bicyclic) bond motifs is 1. The molecule has 2 aliphatic rings. The fraction of sp³-hybridized carbons (Fsp3) is 0.231. The van der Waals surface area contributed by atoms with Crippen molar-refractivity contribution in [2.24, 2.45) is 0 Å². The molecule has 0 aromatic heterocycles. The molecule has 2 N–H and O–H groups in total. The van der Waals surface area contributed by atoms with Crippen LogP contribution in [0.25, 0.3) is 0 Å². The molecule has 0 spiro atoms. The summed E-state index contributed by atoms with van der Waals surface area (Å²) >= 11 is 5.96. The normalized spacial score (nSPS) is 18.0. The molecule has 162 valence electrons. The lowest BCUT2D eigenvalue weighted by Crippen LogP contribution is -2.51. The minimum Gasteiger partial charge on any atom is -0.348 e. The van der Waals surface area contributed by atoms with Crippen molar-refractivity contribution in [1.29, 1.82) is 0 Å². The molecule has 1 fully saturated rings. The van der Waals surface area contributed by atoms with Crippen LogP contribution in [0.15, 0.2) is 66.7 Å². The molecule has 2 amide bonds. The molecular formula is C26H22ClFN2O2. The van der Waals surface area contributed by atoms with Gasteiger partial charge in [0.2, 0.25) is 5.91 Å². The summed E-state index contributed by atoms with van der Waals surface area (Å²) in [4.78, 5) is 25.7. The SMILES string of the molecule is O=C(Nc1ccc(C2(C(=O)NC3Cc4ccc(F)cc43)CCC2)cc1)c1cccc(Cl)c1. The van der Waals surface area contributed by atoms with Crippen LogP contribution in [0.1, 0.15) is 52.4 Å². The van der Waals surface area contributed by atoms with Crippen LogP contribution in [0.3, 0.4) is 0 Å². The monoisotopic (exact) mass is 448 g/mol. The summed E-state index contributed by atoms with van der Waals surface area (Å²) in [6.07, 6.45) is 3.26. The quantitative estimate of drug-likeness (QED) is 0.536. The molecule has 1 unspecified atom stereocenters. The molecule has 5 rings (SSSR count). The summed E-state index contributed by atoms with van der Waals surface area (Å²) in [5.74, 6) is -0.539. The Kier molecular flexibility index (Phi) is 5.22. The van der Waals surface area contributed by atoms with Crippen LogP contribution in [0, 0.1) is 5.82 Å². The van der Waals surface area contributed by atoms with Gasteiger partial charge in [-0.3, -0.25) is 9.59 Å². The first-order chi connectivity index (χ1) is 15.4. The fourth-order valence-electron chi connectivity index (χ4n) is 4.58. The number of nitrogens with one attached hydrogen (secondary N) is 2. The number of hydrogen-bond acceptors (Lipinski definition) is 2. The fourth-order valence-corrected chi connectivity index (χ4v) is 4.77. The van der Waals surface area contributed by atoms with Crippen molar-refractivity contribution in [2.45, 2.75) is 37.1 Å². The summed E-state index contributed by atoms with van der Waals surface area (Å²) in [6.45, 7) is 0. The van der Waals surface area contributed by atoms with E-state index in [1.807, 2.05) is 24.3 Å². The van der Waals surface area contributed by atoms with Gasteiger partial charge in [0.1, 0.15) is 5.82 Å². The van der Waals surface area contributed by atoms with Gasteiger partial charge in [-0.05, 0) is 78.4 Å². The molecule has 6 heteroatoms. The van der Waals surface area contributed by atoms with Gasteiger partial charge in [-0.25, -0.2) is 4.39 Å². The van der Waals surface area contributed by atoms with Crippen LogP contribution in [-0.4, -0.2) is 11.8 Å². The van der Waals surface area contributed by atoms with Crippen molar-refractivity contribution in [2.75, 3.05) is 5.32 Å². The highest BCUT2D eigenvalue weighted by Gasteiger charge is 2.46. The highest BCUT2D eigenvalue weighted by molar-refractivity contribution is 6.31. The average molecular weight is 449 g/mol. The lowest BCUT2D eigenvalue weighted by atomic mass is 9.63. The van der Waals surface area contributed by atoms with Gasteiger partial charge in [0.15, 0.2) is 0 Å². The van der Waals surface area contributed by atoms with E-state index >= 15 is 0 Å². The van der Waals surface area contributed by atoms with E-state index in [0.29, 0.717) is 16.3 Å². The number of halogens is 2. The third-order valence-corrected chi connectivity index (χ3v) is 6.87. The lowest BCUT2D eigenvalue weighted by Gasteiger charge is -2.43. The molecule has 0 aliphatic heterocycles. The highest BCUT2D eigenvalue weighted by atomic mass is 35.5. The molecule has 0 bridgehead atoms. The first-order valence-corrected chi connectivity index (χ1v) is 11.1. The van der Waals surface area contributed by atoms with Gasteiger partial charge in [0.05, 0.1) is 11.5 Å². The first-order valence-electron chi connectivity index (χ1n) is 10.7. The zero-order valence-electron chi connectivity index (χ0n) is 17.3. The topological polar surface area (TPSA) is 58.2 Å². The van der Waals surface area contributed by atoms with Gasteiger partial charge >= 0.3 is 0 Å². The van der Waals surface area contributed by atoms with Crippen LogP contribution in [0.5, 0.6) is 0 Å². The molecule has 3 aromatic rings. The van der Waals surface area contributed by atoms with Crippen molar-refractivity contribution in [3.8, 4) is 0 Å². The van der Waals surface area contributed by atoms with E-state index < -0.39 is 5.41 Å². The summed E-state index contributed by atoms with van der Waals surface area (Å²) < 4.78 is 13.6. The minimum absolute atomic E-state index is 0.0145. The molecule has 4 nitrogen and oxygen atoms in total. The maximum absolute atomic E-state index is 13.6. The summed E-state index contributed by atoms with van der Waals surface area (Å²) in [7, 11) is 0. The predicted octanol–water partition coefficient (Wildman–Crippen LogP) is 5.57. The minimum atomic E-state index is -0.571. The Morgan fingerprint density at radius 1 is 1.00 bits per heavy atom. The number of carbonyl (C=O) groups is 2. The van der Waals surface area contributed by atoms with Crippen LogP contribution >= 0.6 is 11.6 Å². The van der Waals surface area contributed by atoms with Crippen LogP contribution in [0.4, 0.5) is 10.1 Å². The molecule has 32 heavy (non-hydrogen) atoms. The number of rotatable bonds is 5. The smallest absolute Gasteiger partial charge is 0.255 e. The van der Waals surface area contributed by atoms with E-state index in [1.54, 1.807) is 30.3 Å². The zero-order valence-corrected chi connectivity index (χ0v) is 18.1. The van der Waals surface area contributed by atoms with E-state index in [4.69, 9.17) is 11.6 Å². The largest absolute Gasteiger partial charge is 0.348 e. The van der Waals surface area contributed by atoms with Gasteiger partial charge in [-0.2, -0.15) is 0 Å². The number of benzene rings is 3. The van der Waals surface area contributed by atoms with Gasteiger partial charge < -0.3 is 10.6 Å². The molecule has 2 aliphatic carbocycles. The van der Waals surface area contributed by atoms with E-state index in [0.717, 1.165) is 42.4 Å². The van der Waals surface area contributed by atoms with Crippen molar-refractivity contribution in [3.05, 3.63) is 99.8 Å². The Bertz CT molecular complexity index is 1200. The zero-order chi connectivity index (χ0) is 22.3. The number of anilines is 1. The average Bonchev–Trinajstić information content (AvgIpc) is 2.74. The maximum atomic E-state index is 13.6. The van der Waals surface area contributed by atoms with E-state index in [2.05, 4.69) is 10.6 Å². The second-order valence-corrected chi connectivity index (χ2v) is 8.99. The summed E-state index contributed by atoms with van der Waals surface area (Å²) in [5, 5.41) is 6.49. The molecule has 0 heterocycles. The molecule has 1 saturated carbocycles. The standard InChI is InChI=1S/C26H22ClFN2O2/c27-19-4-1-3-17(13-19)24(31)29-21-9-6-18(7-10-21)26(11-2-12-26)25(32)30-23-14-16-5-8-20(28)15-22(16)23/h1,3-10,13,15,23H,2,11-12,14H2,(H,29,31)(H,30,32). The van der Waals surface area contributed by atoms with Gasteiger partial charge in [0, 0.05) is 16.3 Å². The maximum Gasteiger partial charge on any atom is 0.255 e. The number of amides is 2. The van der Waals surface area contributed by atoms with Crippen molar-refractivity contribution >= 4 is 29.1 Å². The molecule has 0 saturated heterocycles. The van der Waals surface area contributed by atoms with E-state index in [-0.39, 0.29) is 23.7 Å². The van der Waals surface area contributed by atoms with Gasteiger partial charge in [-0.15, -0.1) is 0 Å². The second kappa shape index (κ2) is 8.06. The Morgan fingerprint density at radius 2 is 1.78 bits per heavy atom. The molecule has 0 radical (unpaired) electrons. The van der Waals surface area contributed by atoms with E-state index in [9.17, 15) is 14.0 Å².